The Kier molecular flexibility index (Phi) is 4.41. The Morgan fingerprint density at radius 1 is 1.08 bits per heavy atom. The van der Waals surface area contributed by atoms with Crippen molar-refractivity contribution in [3.63, 3.8) is 0 Å². The molecule has 3 rings (SSSR count). The van der Waals surface area contributed by atoms with Crippen molar-refractivity contribution in [3.8, 4) is 11.4 Å². The van der Waals surface area contributed by atoms with Crippen LogP contribution in [0.4, 0.5) is 0 Å². The fourth-order valence-corrected chi connectivity index (χ4v) is 2.85. The summed E-state index contributed by atoms with van der Waals surface area (Å²) in [5.74, 6) is 0.482. The van der Waals surface area contributed by atoms with E-state index in [1.165, 1.54) is 16.9 Å². The highest BCUT2D eigenvalue weighted by Crippen LogP contribution is 2.18. The van der Waals surface area contributed by atoms with Crippen molar-refractivity contribution >= 4 is 9.84 Å². The van der Waals surface area contributed by atoms with Crippen LogP contribution in [0.15, 0.2) is 59.5 Å². The molecule has 1 aromatic heterocycles. The molecule has 0 saturated heterocycles. The Labute approximate surface area is 139 Å². The Morgan fingerprint density at radius 3 is 2.38 bits per heavy atom. The number of rotatable bonds is 5. The standard InChI is InChI=1S/C16H16N4O3S/c1-24(22,23)14-9-7-12(8-10-14)15(21)11-20-18-16(17-19-20)13-5-3-2-4-6-13/h2-10,15,21H,11H2,1H3. The molecule has 0 fully saturated rings. The van der Waals surface area contributed by atoms with Crippen LogP contribution in [0.5, 0.6) is 0 Å². The monoisotopic (exact) mass is 344 g/mol. The van der Waals surface area contributed by atoms with Gasteiger partial charge >= 0.3 is 0 Å². The van der Waals surface area contributed by atoms with Gasteiger partial charge in [0.05, 0.1) is 11.4 Å². The molecule has 24 heavy (non-hydrogen) atoms. The van der Waals surface area contributed by atoms with Crippen molar-refractivity contribution in [2.24, 2.45) is 0 Å². The quantitative estimate of drug-likeness (QED) is 0.753. The van der Waals surface area contributed by atoms with Gasteiger partial charge in [-0.05, 0) is 22.9 Å². The highest BCUT2D eigenvalue weighted by atomic mass is 32.2. The zero-order valence-electron chi connectivity index (χ0n) is 12.9. The summed E-state index contributed by atoms with van der Waals surface area (Å²) in [6.07, 6.45) is 0.277. The van der Waals surface area contributed by atoms with Gasteiger partial charge < -0.3 is 5.11 Å². The lowest BCUT2D eigenvalue weighted by Gasteiger charge is -2.10. The second-order valence-corrected chi connectivity index (χ2v) is 7.41. The third-order valence-electron chi connectivity index (χ3n) is 3.51. The zero-order valence-corrected chi connectivity index (χ0v) is 13.8. The van der Waals surface area contributed by atoms with Crippen LogP contribution in [0, 0.1) is 0 Å². The van der Waals surface area contributed by atoms with Crippen LogP contribution in [-0.2, 0) is 16.4 Å². The first-order chi connectivity index (χ1) is 11.4. The molecule has 0 aliphatic carbocycles. The van der Waals surface area contributed by atoms with E-state index < -0.39 is 15.9 Å². The van der Waals surface area contributed by atoms with Gasteiger partial charge in [-0.15, -0.1) is 10.2 Å². The molecule has 0 aliphatic heterocycles. The average Bonchev–Trinajstić information content (AvgIpc) is 3.03. The Bertz CT molecular complexity index is 921. The molecule has 0 aliphatic rings. The number of aliphatic hydroxyl groups is 1. The molecule has 0 saturated carbocycles. The van der Waals surface area contributed by atoms with Gasteiger partial charge in [0, 0.05) is 11.8 Å². The normalized spacial score (nSPS) is 12.9. The van der Waals surface area contributed by atoms with Crippen molar-refractivity contribution in [1.29, 1.82) is 0 Å². The molecule has 1 heterocycles. The molecule has 1 atom stereocenters. The molecule has 0 radical (unpaired) electrons. The fraction of sp³-hybridized carbons (Fsp3) is 0.188. The van der Waals surface area contributed by atoms with Crippen LogP contribution >= 0.6 is 0 Å². The van der Waals surface area contributed by atoms with Gasteiger partial charge in [0.15, 0.2) is 9.84 Å². The van der Waals surface area contributed by atoms with Gasteiger partial charge in [-0.25, -0.2) is 8.42 Å². The molecule has 3 aromatic rings. The van der Waals surface area contributed by atoms with Crippen molar-refractivity contribution in [2.75, 3.05) is 6.26 Å². The first-order valence-electron chi connectivity index (χ1n) is 7.25. The van der Waals surface area contributed by atoms with Gasteiger partial charge in [0.25, 0.3) is 0 Å². The lowest BCUT2D eigenvalue weighted by atomic mass is 10.1. The van der Waals surface area contributed by atoms with Crippen LogP contribution in [0.2, 0.25) is 0 Å². The molecule has 8 heteroatoms. The summed E-state index contributed by atoms with van der Waals surface area (Å²) in [4.78, 5) is 1.53. The summed E-state index contributed by atoms with van der Waals surface area (Å²) in [5.41, 5.74) is 1.43. The summed E-state index contributed by atoms with van der Waals surface area (Å²) in [5, 5.41) is 22.4. The van der Waals surface area contributed by atoms with E-state index in [1.807, 2.05) is 30.3 Å². The first-order valence-corrected chi connectivity index (χ1v) is 9.14. The van der Waals surface area contributed by atoms with E-state index in [2.05, 4.69) is 15.4 Å². The third-order valence-corrected chi connectivity index (χ3v) is 4.64. The van der Waals surface area contributed by atoms with E-state index in [0.717, 1.165) is 11.8 Å². The Morgan fingerprint density at radius 2 is 1.75 bits per heavy atom. The Hall–Kier alpha value is -2.58. The van der Waals surface area contributed by atoms with Gasteiger partial charge in [0.1, 0.15) is 6.10 Å². The molecular formula is C16H16N4O3S. The van der Waals surface area contributed by atoms with Crippen molar-refractivity contribution in [3.05, 3.63) is 60.2 Å². The number of aromatic nitrogens is 4. The van der Waals surface area contributed by atoms with Crippen LogP contribution in [-0.4, -0.2) is 40.0 Å². The van der Waals surface area contributed by atoms with E-state index in [0.29, 0.717) is 11.4 Å². The van der Waals surface area contributed by atoms with Crippen molar-refractivity contribution in [2.45, 2.75) is 17.5 Å². The maximum absolute atomic E-state index is 11.4. The molecule has 7 nitrogen and oxygen atoms in total. The highest BCUT2D eigenvalue weighted by Gasteiger charge is 2.13. The number of sulfone groups is 1. The SMILES string of the molecule is CS(=O)(=O)c1ccc(C(O)Cn2nnc(-c3ccccc3)n2)cc1. The predicted octanol–water partition coefficient (Wildman–Crippen LogP) is 1.48. The second-order valence-electron chi connectivity index (χ2n) is 5.39. The maximum Gasteiger partial charge on any atom is 0.204 e. The minimum absolute atomic E-state index is 0.123. The number of hydrogen-bond acceptors (Lipinski definition) is 6. The van der Waals surface area contributed by atoms with E-state index >= 15 is 0 Å². The van der Waals surface area contributed by atoms with E-state index in [9.17, 15) is 13.5 Å². The number of hydrogen-bond donors (Lipinski definition) is 1. The first kappa shape index (κ1) is 16.3. The zero-order chi connectivity index (χ0) is 17.2. The number of benzene rings is 2. The molecule has 0 amide bonds. The summed E-state index contributed by atoms with van der Waals surface area (Å²) in [7, 11) is -3.25. The molecule has 0 bridgehead atoms. The van der Waals surface area contributed by atoms with E-state index in [4.69, 9.17) is 0 Å². The van der Waals surface area contributed by atoms with Crippen molar-refractivity contribution in [1.82, 2.24) is 20.2 Å². The minimum atomic E-state index is -3.25. The third kappa shape index (κ3) is 3.66. The van der Waals surface area contributed by atoms with E-state index in [-0.39, 0.29) is 11.4 Å². The van der Waals surface area contributed by atoms with Crippen LogP contribution in [0.25, 0.3) is 11.4 Å². The molecule has 2 aromatic carbocycles. The van der Waals surface area contributed by atoms with Gasteiger partial charge in [-0.1, -0.05) is 42.5 Å². The topological polar surface area (TPSA) is 98.0 Å². The summed E-state index contributed by atoms with van der Waals surface area (Å²) < 4.78 is 22.9. The average molecular weight is 344 g/mol. The second kappa shape index (κ2) is 6.50. The smallest absolute Gasteiger partial charge is 0.204 e. The van der Waals surface area contributed by atoms with Crippen LogP contribution in [0.3, 0.4) is 0 Å². The maximum atomic E-state index is 11.4. The van der Waals surface area contributed by atoms with Crippen molar-refractivity contribution < 1.29 is 13.5 Å². The number of tetrazole rings is 1. The predicted molar refractivity (Wildman–Crippen MR) is 87.8 cm³/mol. The summed E-state index contributed by atoms with van der Waals surface area (Å²) in [6, 6.07) is 15.5. The fourth-order valence-electron chi connectivity index (χ4n) is 2.22. The lowest BCUT2D eigenvalue weighted by Crippen LogP contribution is -2.11. The molecular weight excluding hydrogens is 328 g/mol. The summed E-state index contributed by atoms with van der Waals surface area (Å²) >= 11 is 0. The molecule has 1 N–H and O–H groups in total. The number of nitrogens with zero attached hydrogens (tertiary/aromatic N) is 4. The molecule has 0 spiro atoms. The van der Waals surface area contributed by atoms with Gasteiger partial charge in [0.2, 0.25) is 5.82 Å². The minimum Gasteiger partial charge on any atom is -0.386 e. The van der Waals surface area contributed by atoms with Crippen LogP contribution < -0.4 is 0 Å². The highest BCUT2D eigenvalue weighted by molar-refractivity contribution is 7.90. The Balaban J connectivity index is 1.73. The molecule has 124 valence electrons. The largest absolute Gasteiger partial charge is 0.386 e. The summed E-state index contributed by atoms with van der Waals surface area (Å²) in [6.45, 7) is 0.123. The van der Waals surface area contributed by atoms with Gasteiger partial charge in [-0.3, -0.25) is 0 Å². The van der Waals surface area contributed by atoms with Gasteiger partial charge in [-0.2, -0.15) is 4.80 Å². The van der Waals surface area contributed by atoms with E-state index in [1.54, 1.807) is 12.1 Å². The molecule has 1 unspecified atom stereocenters. The lowest BCUT2D eigenvalue weighted by molar-refractivity contribution is 0.144. The number of aliphatic hydroxyl groups excluding tert-OH is 1. The van der Waals surface area contributed by atoms with Crippen LogP contribution in [0.1, 0.15) is 11.7 Å².